The van der Waals surface area contributed by atoms with E-state index in [1.54, 1.807) is 20.8 Å². The van der Waals surface area contributed by atoms with Gasteiger partial charge in [-0.3, -0.25) is 14.4 Å². The lowest BCUT2D eigenvalue weighted by Crippen LogP contribution is -2.58. The second-order valence-corrected chi connectivity index (χ2v) is 7.36. The van der Waals surface area contributed by atoms with Gasteiger partial charge in [0.1, 0.15) is 12.7 Å². The summed E-state index contributed by atoms with van der Waals surface area (Å²) in [6, 6.07) is 0. The van der Waals surface area contributed by atoms with Crippen molar-refractivity contribution >= 4 is 29.8 Å². The van der Waals surface area contributed by atoms with Gasteiger partial charge in [-0.25, -0.2) is 9.59 Å². The van der Waals surface area contributed by atoms with E-state index in [0.717, 1.165) is 6.08 Å². The zero-order valence-corrected chi connectivity index (χ0v) is 19.2. The Balaban J connectivity index is 3.10. The quantitative estimate of drug-likeness (QED) is 0.237. The molecule has 0 aromatic carbocycles. The highest BCUT2D eigenvalue weighted by atomic mass is 16.7. The summed E-state index contributed by atoms with van der Waals surface area (Å²) in [6.45, 7) is 4.77. The van der Waals surface area contributed by atoms with Gasteiger partial charge < -0.3 is 28.8 Å². The molecule has 1 heterocycles. The third-order valence-corrected chi connectivity index (χ3v) is 4.46. The van der Waals surface area contributed by atoms with Crippen molar-refractivity contribution in [3.8, 4) is 0 Å². The molecule has 1 fully saturated rings. The zero-order chi connectivity index (χ0) is 24.8. The van der Waals surface area contributed by atoms with E-state index in [1.165, 1.54) is 0 Å². The highest BCUT2D eigenvalue weighted by Gasteiger charge is 2.47. The molecule has 11 nitrogen and oxygen atoms in total. The lowest BCUT2D eigenvalue weighted by Gasteiger charge is -2.40. The van der Waals surface area contributed by atoms with E-state index in [2.05, 4.69) is 0 Å². The van der Waals surface area contributed by atoms with E-state index in [0.29, 0.717) is 25.3 Å². The van der Waals surface area contributed by atoms with Crippen LogP contribution < -0.4 is 0 Å². The molecule has 0 amide bonds. The molecular formula is C22H32O11. The van der Waals surface area contributed by atoms with Crippen LogP contribution in [0.25, 0.3) is 0 Å². The molecule has 0 saturated carbocycles. The topological polar surface area (TPSA) is 152 Å². The average molecular weight is 472 g/mol. The van der Waals surface area contributed by atoms with Crippen LogP contribution in [0.1, 0.15) is 59.3 Å². The second-order valence-electron chi connectivity index (χ2n) is 7.36. The minimum absolute atomic E-state index is 0.0836. The summed E-state index contributed by atoms with van der Waals surface area (Å²) >= 11 is 0. The molecule has 0 aromatic rings. The Kier molecular flexibility index (Phi) is 12.8. The molecule has 0 unspecified atom stereocenters. The van der Waals surface area contributed by atoms with Crippen molar-refractivity contribution in [3.63, 3.8) is 0 Å². The van der Waals surface area contributed by atoms with Crippen molar-refractivity contribution in [1.82, 2.24) is 0 Å². The highest BCUT2D eigenvalue weighted by molar-refractivity contribution is 5.90. The molecule has 1 aliphatic rings. The Bertz CT molecular complexity index is 715. The summed E-state index contributed by atoms with van der Waals surface area (Å²) in [4.78, 5) is 58.9. The largest absolute Gasteiger partial charge is 0.478 e. The summed E-state index contributed by atoms with van der Waals surface area (Å²) in [6.07, 6.45) is -1.22. The van der Waals surface area contributed by atoms with Gasteiger partial charge in [0.2, 0.25) is 0 Å². The number of hydrogen-bond acceptors (Lipinski definition) is 10. The Morgan fingerprint density at radius 2 is 1.33 bits per heavy atom. The Morgan fingerprint density at radius 3 is 1.85 bits per heavy atom. The van der Waals surface area contributed by atoms with Crippen molar-refractivity contribution in [2.24, 2.45) is 0 Å². The maximum Gasteiger partial charge on any atom is 0.331 e. The molecule has 1 aliphatic heterocycles. The Morgan fingerprint density at radius 1 is 0.818 bits per heavy atom. The number of carboxylic acid groups (broad SMARTS) is 1. The maximum absolute atomic E-state index is 12.3. The Hall–Kier alpha value is -2.95. The lowest BCUT2D eigenvalue weighted by atomic mass is 9.99. The summed E-state index contributed by atoms with van der Waals surface area (Å²) in [7, 11) is 0. The number of ether oxygens (including phenoxy) is 5. The molecule has 0 aromatic heterocycles. The van der Waals surface area contributed by atoms with E-state index in [4.69, 9.17) is 28.8 Å². The molecule has 4 atom stereocenters. The van der Waals surface area contributed by atoms with E-state index >= 15 is 0 Å². The van der Waals surface area contributed by atoms with E-state index < -0.39 is 60.9 Å². The third kappa shape index (κ3) is 10.5. The predicted octanol–water partition coefficient (Wildman–Crippen LogP) is 1.70. The van der Waals surface area contributed by atoms with Crippen LogP contribution in [0.2, 0.25) is 0 Å². The lowest BCUT2D eigenvalue weighted by molar-refractivity contribution is -0.233. The smallest absolute Gasteiger partial charge is 0.331 e. The first kappa shape index (κ1) is 28.1. The molecule has 0 radical (unpaired) electrons. The monoisotopic (exact) mass is 472 g/mol. The van der Waals surface area contributed by atoms with Crippen LogP contribution >= 0.6 is 0 Å². The molecule has 1 rings (SSSR count). The van der Waals surface area contributed by atoms with Crippen LogP contribution in [-0.2, 0) is 47.7 Å². The molecule has 33 heavy (non-hydrogen) atoms. The number of hydrogen-bond donors (Lipinski definition) is 1. The summed E-state index contributed by atoms with van der Waals surface area (Å²) in [5.74, 6) is -3.96. The van der Waals surface area contributed by atoms with Crippen molar-refractivity contribution in [3.05, 3.63) is 12.2 Å². The Labute approximate surface area is 192 Å². The molecular weight excluding hydrogens is 440 g/mol. The van der Waals surface area contributed by atoms with Gasteiger partial charge in [0, 0.05) is 31.4 Å². The number of aliphatic carboxylic acids is 1. The summed E-state index contributed by atoms with van der Waals surface area (Å²) in [5.41, 5.74) is 0. The van der Waals surface area contributed by atoms with Crippen LogP contribution in [0.15, 0.2) is 12.2 Å². The number of carbonyl (C=O) groups is 5. The summed E-state index contributed by atoms with van der Waals surface area (Å²) < 4.78 is 27.1. The van der Waals surface area contributed by atoms with Gasteiger partial charge in [-0.05, 0) is 19.3 Å². The minimum Gasteiger partial charge on any atom is -0.478 e. The van der Waals surface area contributed by atoms with E-state index in [9.17, 15) is 24.0 Å². The first-order chi connectivity index (χ1) is 15.7. The van der Waals surface area contributed by atoms with Crippen molar-refractivity contribution in [2.75, 3.05) is 13.2 Å². The van der Waals surface area contributed by atoms with Gasteiger partial charge >= 0.3 is 29.8 Å². The molecule has 186 valence electrons. The van der Waals surface area contributed by atoms with Crippen LogP contribution in [0.5, 0.6) is 0 Å². The van der Waals surface area contributed by atoms with Gasteiger partial charge in [0.15, 0.2) is 18.3 Å². The third-order valence-electron chi connectivity index (χ3n) is 4.46. The van der Waals surface area contributed by atoms with Crippen LogP contribution in [0.4, 0.5) is 0 Å². The standard InChI is InChI=1S/C22H32O11/c1-4-7-18(26)31-15-13-29-14(12-30-17(25)11-10-16(23)24)21(32-19(27)8-5-2)22(15)33-20(28)9-6-3/h10-11,14-15,21-22H,4-9,12-13H2,1-3H3,(H,23,24)/b11-10+/t14-,15-,21-,22+/m1/s1. The minimum atomic E-state index is -1.33. The first-order valence-electron chi connectivity index (χ1n) is 11.0. The number of carboxylic acids is 1. The van der Waals surface area contributed by atoms with Gasteiger partial charge in [-0.1, -0.05) is 20.8 Å². The maximum atomic E-state index is 12.3. The molecule has 0 aliphatic carbocycles. The second kappa shape index (κ2) is 15.0. The van der Waals surface area contributed by atoms with Gasteiger partial charge in [-0.2, -0.15) is 0 Å². The fraction of sp³-hybridized carbons (Fsp3) is 0.682. The van der Waals surface area contributed by atoms with Gasteiger partial charge in [0.25, 0.3) is 0 Å². The molecule has 0 bridgehead atoms. The SMILES string of the molecule is CCCC(=O)O[C@@H]1[C@H](OC(=O)CCC)[C@@H](COC(=O)/C=C/C(=O)O)OC[C@H]1OC(=O)CCC. The number of esters is 4. The molecule has 0 spiro atoms. The number of rotatable bonds is 13. The number of carbonyl (C=O) groups excluding carboxylic acids is 4. The predicted molar refractivity (Wildman–Crippen MR) is 112 cm³/mol. The first-order valence-corrected chi connectivity index (χ1v) is 11.0. The van der Waals surface area contributed by atoms with Gasteiger partial charge in [0.05, 0.1) is 6.61 Å². The van der Waals surface area contributed by atoms with Crippen LogP contribution in [-0.4, -0.2) is 72.6 Å². The van der Waals surface area contributed by atoms with Crippen molar-refractivity contribution < 1.29 is 52.8 Å². The highest BCUT2D eigenvalue weighted by Crippen LogP contribution is 2.26. The fourth-order valence-corrected chi connectivity index (χ4v) is 2.97. The average Bonchev–Trinajstić information content (AvgIpc) is 2.74. The van der Waals surface area contributed by atoms with Gasteiger partial charge in [-0.15, -0.1) is 0 Å². The van der Waals surface area contributed by atoms with Crippen molar-refractivity contribution in [2.45, 2.75) is 83.7 Å². The molecule has 11 heteroatoms. The van der Waals surface area contributed by atoms with Crippen molar-refractivity contribution in [1.29, 1.82) is 0 Å². The van der Waals surface area contributed by atoms with Crippen LogP contribution in [0, 0.1) is 0 Å². The van der Waals surface area contributed by atoms with Crippen LogP contribution in [0.3, 0.4) is 0 Å². The van der Waals surface area contributed by atoms with E-state index in [-0.39, 0.29) is 25.9 Å². The summed E-state index contributed by atoms with van der Waals surface area (Å²) in [5, 5.41) is 8.61. The van der Waals surface area contributed by atoms with E-state index in [1.807, 2.05) is 0 Å². The zero-order valence-electron chi connectivity index (χ0n) is 19.2. The normalized spacial score (nSPS) is 22.4. The molecule has 1 saturated heterocycles. The molecule has 1 N–H and O–H groups in total. The fourth-order valence-electron chi connectivity index (χ4n) is 2.97.